The van der Waals surface area contributed by atoms with Crippen LogP contribution in [0.3, 0.4) is 0 Å². The van der Waals surface area contributed by atoms with E-state index >= 15 is 0 Å². The van der Waals surface area contributed by atoms with Crippen molar-refractivity contribution in [1.82, 2.24) is 0 Å². The van der Waals surface area contributed by atoms with Gasteiger partial charge in [0.05, 0.1) is 7.11 Å². The van der Waals surface area contributed by atoms with E-state index in [4.69, 9.17) is 14.8 Å². The van der Waals surface area contributed by atoms with Gasteiger partial charge >= 0.3 is 7.12 Å². The molecule has 2 N–H and O–H groups in total. The molecule has 0 fully saturated rings. The third-order valence-electron chi connectivity index (χ3n) is 2.70. The molecule has 0 aliphatic carbocycles. The van der Waals surface area contributed by atoms with Gasteiger partial charge in [-0.3, -0.25) is 0 Å². The van der Waals surface area contributed by atoms with E-state index in [1.807, 2.05) is 11.8 Å². The van der Waals surface area contributed by atoms with E-state index in [-0.39, 0.29) is 0 Å². The highest BCUT2D eigenvalue weighted by atomic mass is 32.2. The number of hydrogen-bond donors (Lipinski definition) is 2. The molecule has 0 heterocycles. The minimum absolute atomic E-state index is 0.505. The molecule has 0 bridgehead atoms. The Hall–Kier alpha value is -0.645. The van der Waals surface area contributed by atoms with Crippen LogP contribution in [0.1, 0.15) is 25.8 Å². The second kappa shape index (κ2) is 6.94. The van der Waals surface area contributed by atoms with Crippen LogP contribution in [0.4, 0.5) is 0 Å². The smallest absolute Gasteiger partial charge is 0.488 e. The fourth-order valence-corrected chi connectivity index (χ4v) is 2.35. The molecular weight excluding hydrogens is 235 g/mol. The summed E-state index contributed by atoms with van der Waals surface area (Å²) in [7, 11) is 0.204. The average Bonchev–Trinajstić information content (AvgIpc) is 2.35. The van der Waals surface area contributed by atoms with Crippen molar-refractivity contribution in [3.8, 4) is 5.75 Å². The fraction of sp³-hybridized carbons (Fsp3) is 0.500. The van der Waals surface area contributed by atoms with Crippen LogP contribution in [0.15, 0.2) is 18.2 Å². The van der Waals surface area contributed by atoms with Gasteiger partial charge in [0.1, 0.15) is 5.75 Å². The molecule has 0 aliphatic heterocycles. The molecule has 1 aromatic rings. The molecular formula is C12H19BO3S. The van der Waals surface area contributed by atoms with Crippen LogP contribution in [-0.2, 0) is 5.75 Å². The molecule has 0 saturated heterocycles. The van der Waals surface area contributed by atoms with Gasteiger partial charge in [0, 0.05) is 16.6 Å². The predicted molar refractivity (Wildman–Crippen MR) is 73.9 cm³/mol. The predicted octanol–water partition coefficient (Wildman–Crippen LogP) is 1.41. The van der Waals surface area contributed by atoms with Crippen molar-refractivity contribution in [1.29, 1.82) is 0 Å². The molecule has 0 radical (unpaired) electrons. The first-order valence-corrected chi connectivity index (χ1v) is 6.77. The van der Waals surface area contributed by atoms with E-state index in [1.54, 1.807) is 25.3 Å². The van der Waals surface area contributed by atoms with Gasteiger partial charge in [-0.2, -0.15) is 11.8 Å². The molecule has 3 nitrogen and oxygen atoms in total. The lowest BCUT2D eigenvalue weighted by molar-refractivity contribution is 0.410. The summed E-state index contributed by atoms with van der Waals surface area (Å²) in [4.78, 5) is 0. The van der Waals surface area contributed by atoms with Crippen LogP contribution >= 0.6 is 11.8 Å². The maximum Gasteiger partial charge on any atom is 0.488 e. The van der Waals surface area contributed by atoms with E-state index in [9.17, 15) is 0 Å². The largest absolute Gasteiger partial charge is 0.496 e. The molecule has 0 amide bonds. The van der Waals surface area contributed by atoms with E-state index in [2.05, 4.69) is 13.8 Å². The highest BCUT2D eigenvalue weighted by Gasteiger charge is 2.14. The molecule has 1 atom stereocenters. The molecule has 1 aromatic carbocycles. The third kappa shape index (κ3) is 4.26. The van der Waals surface area contributed by atoms with Gasteiger partial charge in [-0.25, -0.2) is 0 Å². The lowest BCUT2D eigenvalue weighted by Gasteiger charge is -2.12. The minimum atomic E-state index is -1.42. The van der Waals surface area contributed by atoms with Crippen molar-refractivity contribution in [3.05, 3.63) is 23.8 Å². The van der Waals surface area contributed by atoms with Crippen LogP contribution in [0.5, 0.6) is 5.75 Å². The quantitative estimate of drug-likeness (QED) is 0.753. The zero-order valence-electron chi connectivity index (χ0n) is 10.5. The Morgan fingerprint density at radius 2 is 2.12 bits per heavy atom. The van der Waals surface area contributed by atoms with Crippen LogP contribution in [0.25, 0.3) is 0 Å². The Morgan fingerprint density at radius 3 is 2.65 bits per heavy atom. The number of thioether (sulfide) groups is 1. The first kappa shape index (κ1) is 14.4. The van der Waals surface area contributed by atoms with E-state index in [1.165, 1.54) is 0 Å². The topological polar surface area (TPSA) is 49.7 Å². The highest BCUT2D eigenvalue weighted by Crippen LogP contribution is 2.25. The highest BCUT2D eigenvalue weighted by molar-refractivity contribution is 7.99. The van der Waals surface area contributed by atoms with Crippen LogP contribution in [0.2, 0.25) is 0 Å². The molecule has 1 unspecified atom stereocenters. The maximum atomic E-state index is 9.14. The van der Waals surface area contributed by atoms with E-state index < -0.39 is 7.12 Å². The Labute approximate surface area is 107 Å². The van der Waals surface area contributed by atoms with Gasteiger partial charge in [0.15, 0.2) is 0 Å². The van der Waals surface area contributed by atoms with Gasteiger partial charge in [-0.05, 0) is 17.9 Å². The molecule has 5 heteroatoms. The normalized spacial score (nSPS) is 12.3. The van der Waals surface area contributed by atoms with Crippen molar-refractivity contribution < 1.29 is 14.8 Å². The second-order valence-electron chi connectivity index (χ2n) is 3.97. The Bertz CT molecular complexity index is 358. The number of ether oxygens (including phenoxy) is 1. The SMILES string of the molecule is CCC(C)SCc1cc(B(O)O)ccc1OC. The summed E-state index contributed by atoms with van der Waals surface area (Å²) in [6, 6.07) is 5.24. The first-order valence-electron chi connectivity index (χ1n) is 5.73. The van der Waals surface area contributed by atoms with Crippen LogP contribution in [-0.4, -0.2) is 29.5 Å². The maximum absolute atomic E-state index is 9.14. The van der Waals surface area contributed by atoms with Crippen molar-refractivity contribution in [2.24, 2.45) is 0 Å². The molecule has 0 saturated carbocycles. The zero-order chi connectivity index (χ0) is 12.8. The monoisotopic (exact) mass is 254 g/mol. The Kier molecular flexibility index (Phi) is 5.88. The zero-order valence-corrected chi connectivity index (χ0v) is 11.3. The molecule has 0 spiro atoms. The average molecular weight is 254 g/mol. The summed E-state index contributed by atoms with van der Waals surface area (Å²) < 4.78 is 5.27. The minimum Gasteiger partial charge on any atom is -0.496 e. The van der Waals surface area contributed by atoms with Crippen molar-refractivity contribution >= 4 is 24.3 Å². The lowest BCUT2D eigenvalue weighted by Crippen LogP contribution is -2.30. The van der Waals surface area contributed by atoms with Crippen molar-refractivity contribution in [2.75, 3.05) is 7.11 Å². The molecule has 0 aromatic heterocycles. The van der Waals surface area contributed by atoms with Gasteiger partial charge < -0.3 is 14.8 Å². The second-order valence-corrected chi connectivity index (χ2v) is 5.40. The number of hydrogen-bond acceptors (Lipinski definition) is 4. The molecule has 0 aliphatic rings. The standard InChI is InChI=1S/C12H19BO3S/c1-4-9(2)17-8-10-7-11(13(14)15)5-6-12(10)16-3/h5-7,9,14-15H,4,8H2,1-3H3. The Morgan fingerprint density at radius 1 is 1.41 bits per heavy atom. The van der Waals surface area contributed by atoms with Gasteiger partial charge in [0.2, 0.25) is 0 Å². The third-order valence-corrected chi connectivity index (χ3v) is 4.08. The molecule has 17 heavy (non-hydrogen) atoms. The summed E-state index contributed by atoms with van der Waals surface area (Å²) >= 11 is 1.84. The molecule has 94 valence electrons. The summed E-state index contributed by atoms with van der Waals surface area (Å²) in [5.74, 6) is 1.61. The van der Waals surface area contributed by atoms with Crippen LogP contribution < -0.4 is 10.2 Å². The number of benzene rings is 1. The molecule has 1 rings (SSSR count). The summed E-state index contributed by atoms with van der Waals surface area (Å²) in [6.45, 7) is 4.34. The van der Waals surface area contributed by atoms with Gasteiger partial charge in [0.25, 0.3) is 0 Å². The summed E-state index contributed by atoms with van der Waals surface area (Å²) in [5, 5.41) is 18.9. The van der Waals surface area contributed by atoms with Crippen molar-refractivity contribution in [3.63, 3.8) is 0 Å². The van der Waals surface area contributed by atoms with E-state index in [0.29, 0.717) is 10.7 Å². The summed E-state index contributed by atoms with van der Waals surface area (Å²) in [6.07, 6.45) is 1.12. The van der Waals surface area contributed by atoms with Crippen LogP contribution in [0, 0.1) is 0 Å². The van der Waals surface area contributed by atoms with Crippen molar-refractivity contribution in [2.45, 2.75) is 31.3 Å². The Balaban J connectivity index is 2.82. The van der Waals surface area contributed by atoms with E-state index in [0.717, 1.165) is 23.5 Å². The summed E-state index contributed by atoms with van der Waals surface area (Å²) in [5.41, 5.74) is 1.51. The fourth-order valence-electron chi connectivity index (χ4n) is 1.42. The number of rotatable bonds is 6. The lowest BCUT2D eigenvalue weighted by atomic mass is 9.79. The van der Waals surface area contributed by atoms with Gasteiger partial charge in [-0.15, -0.1) is 0 Å². The number of methoxy groups -OCH3 is 1. The first-order chi connectivity index (χ1) is 8.08. The van der Waals surface area contributed by atoms with Gasteiger partial charge in [-0.1, -0.05) is 26.0 Å².